The van der Waals surface area contributed by atoms with Crippen LogP contribution in [0.5, 0.6) is 0 Å². The van der Waals surface area contributed by atoms with Crippen molar-refractivity contribution in [3.63, 3.8) is 0 Å². The summed E-state index contributed by atoms with van der Waals surface area (Å²) >= 11 is 0. The van der Waals surface area contributed by atoms with Crippen LogP contribution in [0.4, 0.5) is 0 Å². The van der Waals surface area contributed by atoms with Gasteiger partial charge in [-0.25, -0.2) is 4.79 Å². The first kappa shape index (κ1) is 12.4. The maximum absolute atomic E-state index is 10.9. The first-order valence-corrected chi connectivity index (χ1v) is 4.71. The number of hydrogen-bond donors (Lipinski definition) is 1. The molecule has 0 amide bonds. The van der Waals surface area contributed by atoms with E-state index in [2.05, 4.69) is 0 Å². The van der Waals surface area contributed by atoms with Crippen molar-refractivity contribution in [1.82, 2.24) is 0 Å². The summed E-state index contributed by atoms with van der Waals surface area (Å²) < 4.78 is 5.59. The molecule has 0 radical (unpaired) electrons. The molecule has 1 unspecified atom stereocenters. The van der Waals surface area contributed by atoms with Gasteiger partial charge >= 0.3 is 5.97 Å². The predicted octanol–water partition coefficient (Wildman–Crippen LogP) is 2.44. The molecule has 0 saturated carbocycles. The van der Waals surface area contributed by atoms with Crippen LogP contribution in [0.25, 0.3) is 0 Å². The Morgan fingerprint density at radius 1 is 1.23 bits per heavy atom. The van der Waals surface area contributed by atoms with Crippen LogP contribution in [0.1, 0.15) is 47.5 Å². The Hall–Kier alpha value is -0.570. The van der Waals surface area contributed by atoms with E-state index in [9.17, 15) is 4.79 Å². The van der Waals surface area contributed by atoms with Crippen molar-refractivity contribution in [2.75, 3.05) is 0 Å². The highest BCUT2D eigenvalue weighted by atomic mass is 16.5. The van der Waals surface area contributed by atoms with Gasteiger partial charge in [-0.2, -0.15) is 0 Å². The Kier molecular flexibility index (Phi) is 3.91. The van der Waals surface area contributed by atoms with E-state index in [4.69, 9.17) is 9.84 Å². The lowest BCUT2D eigenvalue weighted by atomic mass is 9.99. The third kappa shape index (κ3) is 3.35. The molecule has 0 aliphatic heterocycles. The molecule has 78 valence electrons. The lowest BCUT2D eigenvalue weighted by molar-refractivity contribution is -0.184. The van der Waals surface area contributed by atoms with Crippen molar-refractivity contribution in [1.29, 1.82) is 0 Å². The van der Waals surface area contributed by atoms with E-state index < -0.39 is 11.6 Å². The molecule has 0 heterocycles. The molecule has 3 heteroatoms. The standard InChI is InChI=1S/C10H20O3/c1-6-9(3,4)13-10(5,7-2)8(11)12/h6-7H2,1-5H3,(H,11,12). The monoisotopic (exact) mass is 188 g/mol. The molecular weight excluding hydrogens is 168 g/mol. The molecule has 3 nitrogen and oxygen atoms in total. The van der Waals surface area contributed by atoms with Gasteiger partial charge in [0, 0.05) is 0 Å². The SMILES string of the molecule is CCC(C)(C)OC(C)(CC)C(=O)O. The van der Waals surface area contributed by atoms with Gasteiger partial charge in [-0.3, -0.25) is 0 Å². The van der Waals surface area contributed by atoms with Gasteiger partial charge in [-0.1, -0.05) is 13.8 Å². The Morgan fingerprint density at radius 3 is 1.92 bits per heavy atom. The smallest absolute Gasteiger partial charge is 0.335 e. The number of aliphatic carboxylic acids is 1. The van der Waals surface area contributed by atoms with Crippen LogP contribution in [0.2, 0.25) is 0 Å². The maximum atomic E-state index is 10.9. The number of carboxylic acids is 1. The van der Waals surface area contributed by atoms with Crippen molar-refractivity contribution in [3.8, 4) is 0 Å². The number of carboxylic acid groups (broad SMARTS) is 1. The van der Waals surface area contributed by atoms with Crippen molar-refractivity contribution < 1.29 is 14.6 Å². The van der Waals surface area contributed by atoms with Gasteiger partial charge in [0.1, 0.15) is 0 Å². The van der Waals surface area contributed by atoms with Crippen LogP contribution >= 0.6 is 0 Å². The fraction of sp³-hybridized carbons (Fsp3) is 0.900. The Bertz CT molecular complexity index is 187. The van der Waals surface area contributed by atoms with Gasteiger partial charge in [-0.15, -0.1) is 0 Å². The van der Waals surface area contributed by atoms with Crippen LogP contribution in [0.3, 0.4) is 0 Å². The summed E-state index contributed by atoms with van der Waals surface area (Å²) in [5.41, 5.74) is -1.43. The van der Waals surface area contributed by atoms with E-state index in [1.165, 1.54) is 0 Å². The first-order valence-electron chi connectivity index (χ1n) is 4.71. The normalized spacial score (nSPS) is 16.7. The zero-order chi connectivity index (χ0) is 10.7. The van der Waals surface area contributed by atoms with Gasteiger partial charge in [-0.05, 0) is 33.6 Å². The molecule has 0 saturated heterocycles. The molecule has 0 rings (SSSR count). The number of hydrogen-bond acceptors (Lipinski definition) is 2. The van der Waals surface area contributed by atoms with Crippen molar-refractivity contribution >= 4 is 5.97 Å². The van der Waals surface area contributed by atoms with E-state index in [0.717, 1.165) is 6.42 Å². The van der Waals surface area contributed by atoms with Crippen LogP contribution in [0, 0.1) is 0 Å². The van der Waals surface area contributed by atoms with Gasteiger partial charge in [0.15, 0.2) is 5.60 Å². The second kappa shape index (κ2) is 4.09. The quantitative estimate of drug-likeness (QED) is 0.720. The minimum Gasteiger partial charge on any atom is -0.479 e. The Morgan fingerprint density at radius 2 is 1.69 bits per heavy atom. The Balaban J connectivity index is 4.54. The first-order chi connectivity index (χ1) is 5.77. The largest absolute Gasteiger partial charge is 0.479 e. The highest BCUT2D eigenvalue weighted by Crippen LogP contribution is 2.25. The predicted molar refractivity (Wildman–Crippen MR) is 51.8 cm³/mol. The highest BCUT2D eigenvalue weighted by Gasteiger charge is 2.37. The van der Waals surface area contributed by atoms with Crippen LogP contribution in [0.15, 0.2) is 0 Å². The molecule has 1 N–H and O–H groups in total. The second-order valence-corrected chi connectivity index (χ2v) is 4.10. The number of rotatable bonds is 5. The van der Waals surface area contributed by atoms with Gasteiger partial charge in [0.2, 0.25) is 0 Å². The van der Waals surface area contributed by atoms with Crippen molar-refractivity contribution in [2.45, 2.75) is 58.7 Å². The second-order valence-electron chi connectivity index (χ2n) is 4.10. The lowest BCUT2D eigenvalue weighted by Gasteiger charge is -2.34. The van der Waals surface area contributed by atoms with Gasteiger partial charge in [0.25, 0.3) is 0 Å². The van der Waals surface area contributed by atoms with Crippen LogP contribution < -0.4 is 0 Å². The van der Waals surface area contributed by atoms with Crippen molar-refractivity contribution in [3.05, 3.63) is 0 Å². The fourth-order valence-electron chi connectivity index (χ4n) is 0.949. The molecule has 1 atom stereocenters. The molecule has 13 heavy (non-hydrogen) atoms. The Labute approximate surface area is 80.1 Å². The summed E-state index contributed by atoms with van der Waals surface area (Å²) in [7, 11) is 0. The molecule has 0 aliphatic rings. The number of carbonyl (C=O) groups is 1. The summed E-state index contributed by atoms with van der Waals surface area (Å²) in [6, 6.07) is 0. The topological polar surface area (TPSA) is 46.5 Å². The molecule has 0 aliphatic carbocycles. The maximum Gasteiger partial charge on any atom is 0.335 e. The average Bonchev–Trinajstić information content (AvgIpc) is 2.03. The molecule has 0 bridgehead atoms. The van der Waals surface area contributed by atoms with E-state index >= 15 is 0 Å². The molecule has 0 spiro atoms. The molecule has 0 aromatic rings. The van der Waals surface area contributed by atoms with Crippen molar-refractivity contribution in [2.24, 2.45) is 0 Å². The summed E-state index contributed by atoms with van der Waals surface area (Å²) in [5.74, 6) is -0.892. The summed E-state index contributed by atoms with van der Waals surface area (Å²) in [4.78, 5) is 10.9. The zero-order valence-corrected chi connectivity index (χ0v) is 9.18. The molecule has 0 aromatic heterocycles. The van der Waals surface area contributed by atoms with Gasteiger partial charge < -0.3 is 9.84 Å². The van der Waals surface area contributed by atoms with E-state index in [1.807, 2.05) is 27.7 Å². The fourth-order valence-corrected chi connectivity index (χ4v) is 0.949. The van der Waals surface area contributed by atoms with Gasteiger partial charge in [0.05, 0.1) is 5.60 Å². The molecule has 0 fully saturated rings. The van der Waals surface area contributed by atoms with E-state index in [-0.39, 0.29) is 5.60 Å². The lowest BCUT2D eigenvalue weighted by Crippen LogP contribution is -2.44. The molecule has 0 aromatic carbocycles. The number of ether oxygens (including phenoxy) is 1. The van der Waals surface area contributed by atoms with Crippen LogP contribution in [-0.4, -0.2) is 22.3 Å². The third-order valence-corrected chi connectivity index (χ3v) is 2.48. The summed E-state index contributed by atoms with van der Waals surface area (Å²) in [6.45, 7) is 9.23. The third-order valence-electron chi connectivity index (χ3n) is 2.48. The average molecular weight is 188 g/mol. The van der Waals surface area contributed by atoms with E-state index in [0.29, 0.717) is 6.42 Å². The van der Waals surface area contributed by atoms with E-state index in [1.54, 1.807) is 6.92 Å². The highest BCUT2D eigenvalue weighted by molar-refractivity contribution is 5.76. The minimum absolute atomic E-state index is 0.372. The zero-order valence-electron chi connectivity index (χ0n) is 9.18. The summed E-state index contributed by atoms with van der Waals surface area (Å²) in [5, 5.41) is 8.97. The van der Waals surface area contributed by atoms with Crippen LogP contribution in [-0.2, 0) is 9.53 Å². The summed E-state index contributed by atoms with van der Waals surface area (Å²) in [6.07, 6.45) is 1.28. The molecular formula is C10H20O3. The minimum atomic E-state index is -1.06.